The van der Waals surface area contributed by atoms with Crippen LogP contribution >= 0.6 is 0 Å². The van der Waals surface area contributed by atoms with Gasteiger partial charge in [0.2, 0.25) is 0 Å². The van der Waals surface area contributed by atoms with Gasteiger partial charge in [-0.3, -0.25) is 4.79 Å². The molecule has 2 aromatic rings. The molecule has 3 rings (SSSR count). The van der Waals surface area contributed by atoms with Gasteiger partial charge in [0, 0.05) is 19.0 Å². The zero-order valence-corrected chi connectivity index (χ0v) is 15.8. The highest BCUT2D eigenvalue weighted by atomic mass is 16.5. The van der Waals surface area contributed by atoms with Crippen molar-refractivity contribution in [2.75, 3.05) is 32.2 Å². The van der Waals surface area contributed by atoms with Gasteiger partial charge < -0.3 is 14.4 Å². The molecule has 1 aromatic heterocycles. The number of methoxy groups -OCH3 is 2. The predicted octanol–water partition coefficient (Wildman–Crippen LogP) is 2.96. The quantitative estimate of drug-likeness (QED) is 0.773. The van der Waals surface area contributed by atoms with E-state index in [1.807, 2.05) is 18.2 Å². The van der Waals surface area contributed by atoms with Crippen molar-refractivity contribution in [3.63, 3.8) is 0 Å². The van der Waals surface area contributed by atoms with Crippen LogP contribution in [0, 0.1) is 12.8 Å². The van der Waals surface area contributed by atoms with E-state index in [1.54, 1.807) is 19.1 Å². The van der Waals surface area contributed by atoms with Crippen LogP contribution in [0.1, 0.15) is 34.0 Å². The van der Waals surface area contributed by atoms with Gasteiger partial charge in [0.25, 0.3) is 0 Å². The molecule has 1 saturated heterocycles. The number of anilines is 1. The Kier molecular flexibility index (Phi) is 5.74. The fraction of sp³-hybridized carbons (Fsp3) is 0.381. The summed E-state index contributed by atoms with van der Waals surface area (Å²) in [6.45, 7) is 3.08. The topological polar surface area (TPSA) is 68.7 Å². The lowest BCUT2D eigenvalue weighted by molar-refractivity contribution is -0.145. The fourth-order valence-electron chi connectivity index (χ4n) is 3.64. The first-order valence-electron chi connectivity index (χ1n) is 8.97. The van der Waals surface area contributed by atoms with Gasteiger partial charge in [-0.15, -0.1) is 0 Å². The molecule has 2 atom stereocenters. The number of carbonyl (C=O) groups excluding carboxylic acids is 2. The number of rotatable bonds is 4. The molecular formula is C21H24N2O4. The number of aromatic nitrogens is 1. The molecule has 6 nitrogen and oxygen atoms in total. The summed E-state index contributed by atoms with van der Waals surface area (Å²) >= 11 is 0. The van der Waals surface area contributed by atoms with Crippen LogP contribution in [0.4, 0.5) is 5.82 Å². The van der Waals surface area contributed by atoms with Crippen LogP contribution in [0.25, 0.3) is 0 Å². The summed E-state index contributed by atoms with van der Waals surface area (Å²) in [6.07, 6.45) is 0.742. The smallest absolute Gasteiger partial charge is 0.339 e. The van der Waals surface area contributed by atoms with E-state index in [0.717, 1.165) is 18.8 Å². The van der Waals surface area contributed by atoms with Gasteiger partial charge >= 0.3 is 11.9 Å². The van der Waals surface area contributed by atoms with Gasteiger partial charge in [0.05, 0.1) is 31.4 Å². The number of carbonyl (C=O) groups is 2. The number of esters is 2. The molecule has 2 unspecified atom stereocenters. The maximum atomic E-state index is 12.2. The largest absolute Gasteiger partial charge is 0.469 e. The third kappa shape index (κ3) is 4.10. The van der Waals surface area contributed by atoms with Gasteiger partial charge in [-0.1, -0.05) is 30.3 Å². The lowest BCUT2D eigenvalue weighted by Crippen LogP contribution is -2.43. The zero-order chi connectivity index (χ0) is 19.4. The number of ether oxygens (including phenoxy) is 2. The molecule has 0 amide bonds. The zero-order valence-electron chi connectivity index (χ0n) is 15.8. The number of benzene rings is 1. The van der Waals surface area contributed by atoms with Crippen LogP contribution < -0.4 is 4.90 Å². The Labute approximate surface area is 159 Å². The summed E-state index contributed by atoms with van der Waals surface area (Å²) in [7, 11) is 2.78. The highest BCUT2D eigenvalue weighted by Gasteiger charge is 2.33. The lowest BCUT2D eigenvalue weighted by atomic mass is 9.84. The van der Waals surface area contributed by atoms with Crippen molar-refractivity contribution in [1.29, 1.82) is 0 Å². The third-order valence-corrected chi connectivity index (χ3v) is 5.06. The van der Waals surface area contributed by atoms with E-state index in [0.29, 0.717) is 17.8 Å². The molecule has 0 spiro atoms. The Hall–Kier alpha value is -2.89. The van der Waals surface area contributed by atoms with Gasteiger partial charge in [-0.25, -0.2) is 9.78 Å². The Bertz CT molecular complexity index is 822. The number of piperidine rings is 1. The average molecular weight is 368 g/mol. The molecule has 0 bridgehead atoms. The summed E-state index contributed by atoms with van der Waals surface area (Å²) < 4.78 is 9.79. The molecule has 2 heterocycles. The van der Waals surface area contributed by atoms with Crippen LogP contribution in [0.3, 0.4) is 0 Å². The standard InChI is InChI=1S/C21H24N2O4/c1-14-18(21(25)27-3)9-10-19(22-14)23-12-16(15-7-5-4-6-8-15)11-17(13-23)20(24)26-2/h4-10,16-17H,11-13H2,1-3H3. The summed E-state index contributed by atoms with van der Waals surface area (Å²) in [5, 5.41) is 0. The first kappa shape index (κ1) is 18.9. The Morgan fingerprint density at radius 1 is 1.04 bits per heavy atom. The molecule has 1 aliphatic rings. The van der Waals surface area contributed by atoms with E-state index in [4.69, 9.17) is 9.47 Å². The fourth-order valence-corrected chi connectivity index (χ4v) is 3.64. The molecule has 27 heavy (non-hydrogen) atoms. The van der Waals surface area contributed by atoms with Crippen molar-refractivity contribution in [1.82, 2.24) is 4.98 Å². The highest BCUT2D eigenvalue weighted by Crippen LogP contribution is 2.33. The minimum absolute atomic E-state index is 0.200. The van der Waals surface area contributed by atoms with Crippen molar-refractivity contribution in [2.24, 2.45) is 5.92 Å². The van der Waals surface area contributed by atoms with Crippen molar-refractivity contribution in [2.45, 2.75) is 19.3 Å². The van der Waals surface area contributed by atoms with Gasteiger partial charge in [-0.05, 0) is 31.0 Å². The third-order valence-electron chi connectivity index (χ3n) is 5.06. The van der Waals surface area contributed by atoms with Crippen LogP contribution in [0.2, 0.25) is 0 Å². The molecule has 0 radical (unpaired) electrons. The van der Waals surface area contributed by atoms with Gasteiger partial charge in [0.15, 0.2) is 0 Å². The molecule has 0 aliphatic carbocycles. The van der Waals surface area contributed by atoms with E-state index < -0.39 is 5.97 Å². The summed E-state index contributed by atoms with van der Waals surface area (Å²) in [5.41, 5.74) is 2.25. The first-order chi connectivity index (χ1) is 13.0. The maximum absolute atomic E-state index is 12.2. The second kappa shape index (κ2) is 8.20. The van der Waals surface area contributed by atoms with Crippen molar-refractivity contribution in [3.05, 3.63) is 59.3 Å². The van der Waals surface area contributed by atoms with E-state index >= 15 is 0 Å². The Morgan fingerprint density at radius 2 is 1.78 bits per heavy atom. The monoisotopic (exact) mass is 368 g/mol. The highest BCUT2D eigenvalue weighted by molar-refractivity contribution is 5.90. The molecule has 142 valence electrons. The number of aryl methyl sites for hydroxylation is 1. The van der Waals surface area contributed by atoms with Gasteiger partial charge in [0.1, 0.15) is 5.82 Å². The lowest BCUT2D eigenvalue weighted by Gasteiger charge is -2.37. The molecule has 1 aliphatic heterocycles. The molecule has 6 heteroatoms. The van der Waals surface area contributed by atoms with Crippen LogP contribution in [-0.4, -0.2) is 44.2 Å². The first-order valence-corrected chi connectivity index (χ1v) is 8.97. The van der Waals surface area contributed by atoms with E-state index in [1.165, 1.54) is 19.8 Å². The van der Waals surface area contributed by atoms with Gasteiger partial charge in [-0.2, -0.15) is 0 Å². The van der Waals surface area contributed by atoms with Crippen LogP contribution in [-0.2, 0) is 14.3 Å². The molecular weight excluding hydrogens is 344 g/mol. The van der Waals surface area contributed by atoms with E-state index in [2.05, 4.69) is 22.0 Å². The normalized spacial score (nSPS) is 19.4. The van der Waals surface area contributed by atoms with E-state index in [-0.39, 0.29) is 17.8 Å². The molecule has 0 N–H and O–H groups in total. The Balaban J connectivity index is 1.90. The van der Waals surface area contributed by atoms with Crippen LogP contribution in [0.5, 0.6) is 0 Å². The second-order valence-electron chi connectivity index (χ2n) is 6.76. The predicted molar refractivity (Wildman–Crippen MR) is 102 cm³/mol. The van der Waals surface area contributed by atoms with Crippen molar-refractivity contribution >= 4 is 17.8 Å². The Morgan fingerprint density at radius 3 is 2.41 bits per heavy atom. The van der Waals surface area contributed by atoms with E-state index in [9.17, 15) is 9.59 Å². The number of hydrogen-bond acceptors (Lipinski definition) is 6. The molecule has 1 fully saturated rings. The molecule has 1 aromatic carbocycles. The summed E-state index contributed by atoms with van der Waals surface area (Å²) in [6, 6.07) is 13.7. The maximum Gasteiger partial charge on any atom is 0.339 e. The number of pyridine rings is 1. The average Bonchev–Trinajstić information content (AvgIpc) is 2.72. The van der Waals surface area contributed by atoms with Crippen molar-refractivity contribution in [3.8, 4) is 0 Å². The molecule has 0 saturated carbocycles. The van der Waals surface area contributed by atoms with Crippen LogP contribution in [0.15, 0.2) is 42.5 Å². The summed E-state index contributed by atoms with van der Waals surface area (Å²) in [5.74, 6) is 0.112. The van der Waals surface area contributed by atoms with Crippen molar-refractivity contribution < 1.29 is 19.1 Å². The SMILES string of the molecule is COC(=O)c1ccc(N2CC(C(=O)OC)CC(c3ccccc3)C2)nc1C. The minimum atomic E-state index is -0.403. The minimum Gasteiger partial charge on any atom is -0.469 e. The number of hydrogen-bond donors (Lipinski definition) is 0. The number of nitrogens with zero attached hydrogens (tertiary/aromatic N) is 2. The summed E-state index contributed by atoms with van der Waals surface area (Å²) in [4.78, 5) is 30.7. The second-order valence-corrected chi connectivity index (χ2v) is 6.76.